The van der Waals surface area contributed by atoms with E-state index in [2.05, 4.69) is 29.7 Å². The lowest BCUT2D eigenvalue weighted by Gasteiger charge is -2.19. The molecule has 1 rings (SSSR count). The Labute approximate surface area is 120 Å². The van der Waals surface area contributed by atoms with Crippen LogP contribution >= 0.6 is 11.8 Å². The molecule has 4 heteroatoms. The third-order valence-corrected chi connectivity index (χ3v) is 3.72. The predicted molar refractivity (Wildman–Crippen MR) is 83.8 cm³/mol. The maximum absolute atomic E-state index is 12.0. The Bertz CT molecular complexity index is 392. The third-order valence-electron chi connectivity index (χ3n) is 2.98. The Kier molecular flexibility index (Phi) is 6.78. The number of thioether (sulfide) groups is 1. The molecule has 0 spiro atoms. The highest BCUT2D eigenvalue weighted by atomic mass is 32.2. The first-order valence-electron chi connectivity index (χ1n) is 6.77. The summed E-state index contributed by atoms with van der Waals surface area (Å²) < 4.78 is 0. The molecular weight excluding hydrogens is 256 g/mol. The summed E-state index contributed by atoms with van der Waals surface area (Å²) in [5, 5.41) is 6.24. The molecule has 0 bridgehead atoms. The summed E-state index contributed by atoms with van der Waals surface area (Å²) in [5.41, 5.74) is 0.976. The number of carbonyl (C=O) groups is 1. The smallest absolute Gasteiger partial charge is 0.242 e. The van der Waals surface area contributed by atoms with Crippen molar-refractivity contribution in [1.29, 1.82) is 0 Å². The largest absolute Gasteiger partial charge is 0.374 e. The Hall–Kier alpha value is -1.16. The fraction of sp³-hybridized carbons (Fsp3) is 0.533. The number of anilines is 1. The van der Waals surface area contributed by atoms with Gasteiger partial charge >= 0.3 is 0 Å². The van der Waals surface area contributed by atoms with Crippen molar-refractivity contribution in [3.63, 3.8) is 0 Å². The second-order valence-corrected chi connectivity index (χ2v) is 5.67. The summed E-state index contributed by atoms with van der Waals surface area (Å²) >= 11 is 1.71. The van der Waals surface area contributed by atoms with Gasteiger partial charge in [-0.05, 0) is 50.8 Å². The SMILES string of the molecule is CCCC(C)NC(=O)C(C)Nc1ccc(SC)cc1. The number of hydrogen-bond donors (Lipinski definition) is 2. The van der Waals surface area contributed by atoms with E-state index in [0.29, 0.717) is 0 Å². The predicted octanol–water partition coefficient (Wildman–Crippen LogP) is 3.51. The molecule has 106 valence electrons. The molecule has 2 atom stereocenters. The van der Waals surface area contributed by atoms with Crippen LogP contribution < -0.4 is 10.6 Å². The zero-order valence-electron chi connectivity index (χ0n) is 12.2. The van der Waals surface area contributed by atoms with E-state index in [-0.39, 0.29) is 18.0 Å². The van der Waals surface area contributed by atoms with Gasteiger partial charge in [-0.2, -0.15) is 0 Å². The van der Waals surface area contributed by atoms with E-state index in [0.717, 1.165) is 18.5 Å². The molecule has 0 radical (unpaired) electrons. The van der Waals surface area contributed by atoms with Gasteiger partial charge in [0.25, 0.3) is 0 Å². The van der Waals surface area contributed by atoms with Gasteiger partial charge in [-0.15, -0.1) is 11.8 Å². The van der Waals surface area contributed by atoms with Gasteiger partial charge in [0.1, 0.15) is 6.04 Å². The molecule has 0 aliphatic rings. The molecule has 0 saturated heterocycles. The molecule has 0 aliphatic carbocycles. The van der Waals surface area contributed by atoms with Gasteiger partial charge in [0, 0.05) is 16.6 Å². The van der Waals surface area contributed by atoms with E-state index < -0.39 is 0 Å². The van der Waals surface area contributed by atoms with Crippen molar-refractivity contribution in [3.05, 3.63) is 24.3 Å². The van der Waals surface area contributed by atoms with Crippen molar-refractivity contribution >= 4 is 23.4 Å². The molecule has 0 heterocycles. The number of benzene rings is 1. The minimum absolute atomic E-state index is 0.0508. The van der Waals surface area contributed by atoms with Gasteiger partial charge in [-0.1, -0.05) is 13.3 Å². The van der Waals surface area contributed by atoms with Gasteiger partial charge in [0.2, 0.25) is 5.91 Å². The number of hydrogen-bond acceptors (Lipinski definition) is 3. The Balaban J connectivity index is 2.48. The highest BCUT2D eigenvalue weighted by Gasteiger charge is 2.14. The second-order valence-electron chi connectivity index (χ2n) is 4.79. The van der Waals surface area contributed by atoms with Gasteiger partial charge in [-0.3, -0.25) is 4.79 Å². The number of nitrogens with one attached hydrogen (secondary N) is 2. The molecule has 0 aliphatic heterocycles. The fourth-order valence-corrected chi connectivity index (χ4v) is 2.28. The van der Waals surface area contributed by atoms with E-state index >= 15 is 0 Å². The van der Waals surface area contributed by atoms with E-state index in [1.807, 2.05) is 32.2 Å². The monoisotopic (exact) mass is 280 g/mol. The zero-order chi connectivity index (χ0) is 14.3. The van der Waals surface area contributed by atoms with Crippen LogP contribution in [0.5, 0.6) is 0 Å². The highest BCUT2D eigenvalue weighted by Crippen LogP contribution is 2.17. The molecule has 1 aromatic rings. The van der Waals surface area contributed by atoms with Crippen LogP contribution in [-0.4, -0.2) is 24.2 Å². The van der Waals surface area contributed by atoms with Crippen molar-refractivity contribution in [3.8, 4) is 0 Å². The van der Waals surface area contributed by atoms with Crippen molar-refractivity contribution in [2.24, 2.45) is 0 Å². The van der Waals surface area contributed by atoms with Crippen molar-refractivity contribution in [1.82, 2.24) is 5.32 Å². The van der Waals surface area contributed by atoms with Crippen molar-refractivity contribution < 1.29 is 4.79 Å². The molecular formula is C15H24N2OS. The van der Waals surface area contributed by atoms with E-state index in [1.165, 1.54) is 4.90 Å². The Morgan fingerprint density at radius 2 is 1.89 bits per heavy atom. The molecule has 1 amide bonds. The molecule has 1 aromatic carbocycles. The van der Waals surface area contributed by atoms with Crippen LogP contribution in [0, 0.1) is 0 Å². The highest BCUT2D eigenvalue weighted by molar-refractivity contribution is 7.98. The Morgan fingerprint density at radius 1 is 1.26 bits per heavy atom. The summed E-state index contributed by atoms with van der Waals surface area (Å²) in [4.78, 5) is 13.2. The molecule has 2 unspecified atom stereocenters. The normalized spacial score (nSPS) is 13.7. The molecule has 2 N–H and O–H groups in total. The van der Waals surface area contributed by atoms with Crippen LogP contribution in [0.15, 0.2) is 29.2 Å². The molecule has 0 aromatic heterocycles. The standard InChI is InChI=1S/C15H24N2OS/c1-5-6-11(2)16-15(18)12(3)17-13-7-9-14(19-4)10-8-13/h7-12,17H,5-6H2,1-4H3,(H,16,18). The van der Waals surface area contributed by atoms with Crippen LogP contribution in [0.2, 0.25) is 0 Å². The maximum atomic E-state index is 12.0. The molecule has 0 saturated carbocycles. The number of rotatable bonds is 7. The first kappa shape index (κ1) is 15.9. The van der Waals surface area contributed by atoms with Crippen LogP contribution in [0.4, 0.5) is 5.69 Å². The van der Waals surface area contributed by atoms with Gasteiger partial charge in [0.05, 0.1) is 0 Å². The quantitative estimate of drug-likeness (QED) is 0.751. The van der Waals surface area contributed by atoms with E-state index in [9.17, 15) is 4.79 Å². The van der Waals surface area contributed by atoms with E-state index in [4.69, 9.17) is 0 Å². The van der Waals surface area contributed by atoms with Crippen LogP contribution in [0.1, 0.15) is 33.6 Å². The van der Waals surface area contributed by atoms with Crippen LogP contribution in [0.3, 0.4) is 0 Å². The average molecular weight is 280 g/mol. The van der Waals surface area contributed by atoms with E-state index in [1.54, 1.807) is 11.8 Å². The lowest BCUT2D eigenvalue weighted by Crippen LogP contribution is -2.42. The minimum Gasteiger partial charge on any atom is -0.374 e. The minimum atomic E-state index is -0.223. The van der Waals surface area contributed by atoms with Crippen LogP contribution in [0.25, 0.3) is 0 Å². The summed E-state index contributed by atoms with van der Waals surface area (Å²) in [5.74, 6) is 0.0508. The summed E-state index contributed by atoms with van der Waals surface area (Å²) in [6, 6.07) is 8.13. The first-order valence-corrected chi connectivity index (χ1v) is 8.00. The molecule has 0 fully saturated rings. The van der Waals surface area contributed by atoms with Gasteiger partial charge in [-0.25, -0.2) is 0 Å². The van der Waals surface area contributed by atoms with Crippen molar-refractivity contribution in [2.45, 2.75) is 50.6 Å². The van der Waals surface area contributed by atoms with Crippen LogP contribution in [-0.2, 0) is 4.79 Å². The maximum Gasteiger partial charge on any atom is 0.242 e. The fourth-order valence-electron chi connectivity index (χ4n) is 1.88. The number of amides is 1. The zero-order valence-corrected chi connectivity index (χ0v) is 13.0. The van der Waals surface area contributed by atoms with Crippen molar-refractivity contribution in [2.75, 3.05) is 11.6 Å². The molecule has 3 nitrogen and oxygen atoms in total. The third kappa shape index (κ3) is 5.55. The molecule has 19 heavy (non-hydrogen) atoms. The van der Waals surface area contributed by atoms with Gasteiger partial charge < -0.3 is 10.6 Å². The summed E-state index contributed by atoms with van der Waals surface area (Å²) in [6.07, 6.45) is 4.15. The lowest BCUT2D eigenvalue weighted by molar-refractivity contribution is -0.122. The Morgan fingerprint density at radius 3 is 2.42 bits per heavy atom. The topological polar surface area (TPSA) is 41.1 Å². The average Bonchev–Trinajstić information content (AvgIpc) is 2.39. The number of carbonyl (C=O) groups excluding carboxylic acids is 1. The lowest BCUT2D eigenvalue weighted by atomic mass is 10.2. The summed E-state index contributed by atoms with van der Waals surface area (Å²) in [7, 11) is 0. The summed E-state index contributed by atoms with van der Waals surface area (Å²) in [6.45, 7) is 6.05. The van der Waals surface area contributed by atoms with Gasteiger partial charge in [0.15, 0.2) is 0 Å². The second kappa shape index (κ2) is 8.10. The first-order chi connectivity index (χ1) is 9.06.